The van der Waals surface area contributed by atoms with Crippen molar-refractivity contribution in [3.63, 3.8) is 0 Å². The van der Waals surface area contributed by atoms with E-state index in [2.05, 4.69) is 0 Å². The molecule has 1 aromatic rings. The van der Waals surface area contributed by atoms with Crippen molar-refractivity contribution in [3.8, 4) is 5.75 Å². The molecular formula is C13H18N3O5P. The smallest absolute Gasteiger partial charge is 0.346 e. The maximum atomic E-state index is 12.9. The topological polar surface area (TPSA) is 84.7 Å². The highest BCUT2D eigenvalue weighted by Gasteiger charge is 2.50. The van der Waals surface area contributed by atoms with Crippen LogP contribution < -0.4 is 4.74 Å². The van der Waals surface area contributed by atoms with Crippen LogP contribution in [-0.2, 0) is 9.09 Å². The zero-order valence-electron chi connectivity index (χ0n) is 12.5. The molecule has 0 aromatic heterocycles. The Balaban J connectivity index is 1.81. The van der Waals surface area contributed by atoms with Crippen molar-refractivity contribution in [2.75, 3.05) is 33.3 Å². The molecule has 1 atom stereocenters. The Hall–Kier alpha value is -1.47. The van der Waals surface area contributed by atoms with Gasteiger partial charge < -0.3 is 4.74 Å². The fourth-order valence-corrected chi connectivity index (χ4v) is 4.62. The second-order valence-electron chi connectivity index (χ2n) is 5.33. The quantitative estimate of drug-likeness (QED) is 0.329. The molecule has 0 amide bonds. The van der Waals surface area contributed by atoms with E-state index >= 15 is 0 Å². The number of benzene rings is 1. The van der Waals surface area contributed by atoms with Gasteiger partial charge >= 0.3 is 13.4 Å². The molecule has 3 rings (SSSR count). The van der Waals surface area contributed by atoms with Gasteiger partial charge in [-0.05, 0) is 24.6 Å². The van der Waals surface area contributed by atoms with Crippen molar-refractivity contribution in [1.82, 2.24) is 9.34 Å². The Morgan fingerprint density at radius 2 is 1.86 bits per heavy atom. The van der Waals surface area contributed by atoms with E-state index in [1.165, 1.54) is 13.2 Å². The summed E-state index contributed by atoms with van der Waals surface area (Å²) in [7, 11) is -1.54. The van der Waals surface area contributed by atoms with E-state index in [0.717, 1.165) is 26.2 Å². The predicted octanol–water partition coefficient (Wildman–Crippen LogP) is 2.42. The summed E-state index contributed by atoms with van der Waals surface area (Å²) in [6.07, 6.45) is -0.443. The highest BCUT2D eigenvalue weighted by Crippen LogP contribution is 2.63. The molecule has 0 radical (unpaired) electrons. The summed E-state index contributed by atoms with van der Waals surface area (Å²) in [6, 6.07) is 4.56. The molecule has 22 heavy (non-hydrogen) atoms. The minimum absolute atomic E-state index is 0.0986. The molecule has 0 aliphatic carbocycles. The van der Waals surface area contributed by atoms with E-state index in [0.29, 0.717) is 5.56 Å². The van der Waals surface area contributed by atoms with Gasteiger partial charge in [-0.3, -0.25) is 19.2 Å². The van der Waals surface area contributed by atoms with Crippen LogP contribution in [0.4, 0.5) is 5.69 Å². The summed E-state index contributed by atoms with van der Waals surface area (Å²) in [5.74, 6) is 0.172. The summed E-state index contributed by atoms with van der Waals surface area (Å²) in [6.45, 7) is 4.92. The third-order valence-electron chi connectivity index (χ3n) is 3.73. The molecule has 0 N–H and O–H groups in total. The van der Waals surface area contributed by atoms with Gasteiger partial charge in [-0.25, -0.2) is 9.34 Å². The van der Waals surface area contributed by atoms with Crippen molar-refractivity contribution >= 4 is 13.4 Å². The number of rotatable bonds is 7. The number of methoxy groups -OCH3 is 1. The Morgan fingerprint density at radius 3 is 2.32 bits per heavy atom. The summed E-state index contributed by atoms with van der Waals surface area (Å²) in [5.41, 5.74) is 0.602. The van der Waals surface area contributed by atoms with Gasteiger partial charge in [-0.1, -0.05) is 0 Å². The van der Waals surface area contributed by atoms with Crippen LogP contribution >= 0.6 is 7.67 Å². The largest absolute Gasteiger partial charge is 0.490 e. The molecule has 2 saturated heterocycles. The molecule has 0 saturated carbocycles. The van der Waals surface area contributed by atoms with Gasteiger partial charge in [0.1, 0.15) is 0 Å². The SMILES string of the molecule is COc1cc(C(C)OP(=O)(N2CC2)N2CC2)ccc1[N+](=O)[O-]. The van der Waals surface area contributed by atoms with Crippen LogP contribution in [0, 0.1) is 10.1 Å². The third kappa shape index (κ3) is 2.87. The monoisotopic (exact) mass is 327 g/mol. The fraction of sp³-hybridized carbons (Fsp3) is 0.538. The van der Waals surface area contributed by atoms with Crippen LogP contribution in [0.3, 0.4) is 0 Å². The van der Waals surface area contributed by atoms with Crippen molar-refractivity contribution < 1.29 is 18.7 Å². The first kappa shape index (κ1) is 15.4. The molecule has 2 fully saturated rings. The second kappa shape index (κ2) is 5.62. The van der Waals surface area contributed by atoms with E-state index in [1.807, 2.05) is 9.34 Å². The molecule has 2 aliphatic rings. The number of hydrogen-bond acceptors (Lipinski definition) is 5. The normalized spacial score (nSPS) is 19.7. The van der Waals surface area contributed by atoms with Gasteiger partial charge in [0.2, 0.25) is 0 Å². The first-order chi connectivity index (χ1) is 10.5. The molecule has 120 valence electrons. The minimum atomic E-state index is -2.93. The van der Waals surface area contributed by atoms with Crippen molar-refractivity contribution in [2.45, 2.75) is 13.0 Å². The van der Waals surface area contributed by atoms with Gasteiger partial charge in [0.05, 0.1) is 18.1 Å². The summed E-state index contributed by atoms with van der Waals surface area (Å²) >= 11 is 0. The van der Waals surface area contributed by atoms with E-state index in [9.17, 15) is 14.7 Å². The van der Waals surface area contributed by atoms with Crippen molar-refractivity contribution in [3.05, 3.63) is 33.9 Å². The molecular weight excluding hydrogens is 309 g/mol. The second-order valence-corrected chi connectivity index (χ2v) is 7.66. The van der Waals surface area contributed by atoms with Crippen LogP contribution in [0.1, 0.15) is 18.6 Å². The number of nitro groups is 1. The van der Waals surface area contributed by atoms with Gasteiger partial charge in [0.15, 0.2) is 5.75 Å². The number of hydrogen-bond donors (Lipinski definition) is 0. The van der Waals surface area contributed by atoms with Crippen LogP contribution in [0.25, 0.3) is 0 Å². The van der Waals surface area contributed by atoms with Gasteiger partial charge in [0.25, 0.3) is 0 Å². The van der Waals surface area contributed by atoms with Crippen LogP contribution in [0.2, 0.25) is 0 Å². The highest BCUT2D eigenvalue weighted by atomic mass is 31.2. The Morgan fingerprint density at radius 1 is 1.27 bits per heavy atom. The van der Waals surface area contributed by atoms with Crippen LogP contribution in [-0.4, -0.2) is 47.6 Å². The lowest BCUT2D eigenvalue weighted by molar-refractivity contribution is -0.385. The average Bonchev–Trinajstić information content (AvgIpc) is 3.37. The van der Waals surface area contributed by atoms with Crippen LogP contribution in [0.5, 0.6) is 5.75 Å². The summed E-state index contributed by atoms with van der Waals surface area (Å²) < 4.78 is 27.5. The molecule has 9 heteroatoms. The predicted molar refractivity (Wildman–Crippen MR) is 79.9 cm³/mol. The fourth-order valence-electron chi connectivity index (χ4n) is 2.27. The lowest BCUT2D eigenvalue weighted by Crippen LogP contribution is -2.10. The number of ether oxygens (including phenoxy) is 1. The highest BCUT2D eigenvalue weighted by molar-refractivity contribution is 7.54. The van der Waals surface area contributed by atoms with Crippen molar-refractivity contribution in [2.24, 2.45) is 0 Å². The van der Waals surface area contributed by atoms with E-state index in [-0.39, 0.29) is 11.4 Å². The molecule has 2 heterocycles. The molecule has 0 bridgehead atoms. The zero-order chi connectivity index (χ0) is 15.9. The van der Waals surface area contributed by atoms with Gasteiger partial charge in [-0.15, -0.1) is 0 Å². The zero-order valence-corrected chi connectivity index (χ0v) is 13.4. The Bertz CT molecular complexity index is 629. The van der Waals surface area contributed by atoms with Crippen molar-refractivity contribution in [1.29, 1.82) is 0 Å². The maximum absolute atomic E-state index is 12.9. The molecule has 8 nitrogen and oxygen atoms in total. The van der Waals surface area contributed by atoms with E-state index in [4.69, 9.17) is 9.26 Å². The average molecular weight is 327 g/mol. The maximum Gasteiger partial charge on any atom is 0.346 e. The Labute approximate surface area is 128 Å². The van der Waals surface area contributed by atoms with Gasteiger partial charge in [-0.2, -0.15) is 0 Å². The standard InChI is InChI=1S/C13H18N3O5P/c1-10(21-22(19,14-5-6-14)15-7-8-15)11-3-4-12(16(17)18)13(9-11)20-2/h3-4,9-10H,5-8H2,1-2H3. The van der Waals surface area contributed by atoms with Crippen LogP contribution in [0.15, 0.2) is 18.2 Å². The first-order valence-corrected chi connectivity index (χ1v) is 8.60. The minimum Gasteiger partial charge on any atom is -0.490 e. The molecule has 1 aromatic carbocycles. The summed E-state index contributed by atoms with van der Waals surface area (Å²) in [5, 5.41) is 10.9. The lowest BCUT2D eigenvalue weighted by Gasteiger charge is -2.24. The number of nitro benzene ring substituents is 1. The third-order valence-corrected chi connectivity index (χ3v) is 6.55. The number of nitrogens with zero attached hydrogens (tertiary/aromatic N) is 3. The molecule has 2 aliphatic heterocycles. The molecule has 0 spiro atoms. The summed E-state index contributed by atoms with van der Waals surface area (Å²) in [4.78, 5) is 10.4. The van der Waals surface area contributed by atoms with Gasteiger partial charge in [0, 0.05) is 32.2 Å². The Kier molecular flexibility index (Phi) is 3.94. The lowest BCUT2D eigenvalue weighted by atomic mass is 10.1. The molecule has 1 unspecified atom stereocenters. The van der Waals surface area contributed by atoms with E-state index in [1.54, 1.807) is 19.1 Å². The van der Waals surface area contributed by atoms with E-state index < -0.39 is 18.7 Å². The first-order valence-electron chi connectivity index (χ1n) is 7.07.